The number of fused-ring (bicyclic) bond motifs is 1. The van der Waals surface area contributed by atoms with E-state index in [1.165, 1.54) is 18.2 Å². The number of nitrogens with one attached hydrogen (secondary N) is 1. The van der Waals surface area contributed by atoms with Crippen molar-refractivity contribution in [1.82, 2.24) is 0 Å². The van der Waals surface area contributed by atoms with Gasteiger partial charge in [0.25, 0.3) is 0 Å². The first kappa shape index (κ1) is 12.3. The first-order chi connectivity index (χ1) is 8.39. The van der Waals surface area contributed by atoms with Gasteiger partial charge in [-0.05, 0) is 17.5 Å². The van der Waals surface area contributed by atoms with Gasteiger partial charge in [0.1, 0.15) is 5.82 Å². The molecule has 2 aromatic rings. The van der Waals surface area contributed by atoms with Gasteiger partial charge in [-0.25, -0.2) is 4.39 Å². The molecule has 2 rings (SSSR count). The van der Waals surface area contributed by atoms with Gasteiger partial charge in [-0.3, -0.25) is 4.79 Å². The molecule has 0 aliphatic carbocycles. The van der Waals surface area contributed by atoms with Crippen molar-refractivity contribution in [1.29, 1.82) is 0 Å². The van der Waals surface area contributed by atoms with Crippen molar-refractivity contribution in [2.45, 2.75) is 6.18 Å². The maximum absolute atomic E-state index is 13.6. The molecule has 1 amide bonds. The summed E-state index contributed by atoms with van der Waals surface area (Å²) in [7, 11) is 0. The van der Waals surface area contributed by atoms with Crippen LogP contribution in [0.15, 0.2) is 36.4 Å². The molecule has 0 saturated heterocycles. The van der Waals surface area contributed by atoms with E-state index >= 15 is 0 Å². The van der Waals surface area contributed by atoms with Crippen molar-refractivity contribution in [3.8, 4) is 0 Å². The molecular weight excluding hydrogens is 250 g/mol. The van der Waals surface area contributed by atoms with Gasteiger partial charge in [0.2, 0.25) is 0 Å². The molecule has 94 valence electrons. The van der Waals surface area contributed by atoms with Gasteiger partial charge < -0.3 is 5.32 Å². The Bertz CT molecular complexity index is 601. The van der Waals surface area contributed by atoms with E-state index in [0.29, 0.717) is 5.39 Å². The summed E-state index contributed by atoms with van der Waals surface area (Å²) in [6, 6.07) is 8.30. The molecule has 18 heavy (non-hydrogen) atoms. The number of anilines is 1. The summed E-state index contributed by atoms with van der Waals surface area (Å²) in [5.74, 6) is -2.82. The van der Waals surface area contributed by atoms with Crippen LogP contribution in [-0.4, -0.2) is 12.1 Å². The Balaban J connectivity index is 2.49. The lowest BCUT2D eigenvalue weighted by atomic mass is 10.1. The number of benzene rings is 2. The van der Waals surface area contributed by atoms with Gasteiger partial charge in [0.15, 0.2) is 0 Å². The molecule has 0 radical (unpaired) electrons. The van der Waals surface area contributed by atoms with Crippen molar-refractivity contribution in [2.24, 2.45) is 0 Å². The predicted octanol–water partition coefficient (Wildman–Crippen LogP) is 3.48. The quantitative estimate of drug-likeness (QED) is 0.778. The van der Waals surface area contributed by atoms with Crippen LogP contribution in [0, 0.1) is 5.82 Å². The third-order valence-corrected chi connectivity index (χ3v) is 2.36. The van der Waals surface area contributed by atoms with Crippen LogP contribution in [0.2, 0.25) is 0 Å². The Hall–Kier alpha value is -2.11. The third kappa shape index (κ3) is 2.27. The van der Waals surface area contributed by atoms with Crippen molar-refractivity contribution in [2.75, 3.05) is 5.32 Å². The summed E-state index contributed by atoms with van der Waals surface area (Å²) in [5.41, 5.74) is -0.201. The molecule has 2 aromatic carbocycles. The van der Waals surface area contributed by atoms with Crippen LogP contribution in [0.3, 0.4) is 0 Å². The van der Waals surface area contributed by atoms with E-state index in [1.807, 2.05) is 0 Å². The van der Waals surface area contributed by atoms with Crippen LogP contribution in [0.25, 0.3) is 10.8 Å². The van der Waals surface area contributed by atoms with Gasteiger partial charge in [-0.15, -0.1) is 0 Å². The Labute approximate surface area is 99.2 Å². The van der Waals surface area contributed by atoms with Gasteiger partial charge in [0.05, 0.1) is 5.69 Å². The average Bonchev–Trinajstić information content (AvgIpc) is 2.28. The minimum atomic E-state index is -5.01. The van der Waals surface area contributed by atoms with Crippen molar-refractivity contribution >= 4 is 22.4 Å². The summed E-state index contributed by atoms with van der Waals surface area (Å²) in [6.07, 6.45) is -5.01. The number of hydrogen-bond acceptors (Lipinski definition) is 1. The van der Waals surface area contributed by atoms with Gasteiger partial charge in [-0.2, -0.15) is 13.2 Å². The van der Waals surface area contributed by atoms with Crippen LogP contribution >= 0.6 is 0 Å². The normalized spacial score (nSPS) is 11.6. The number of carbonyl (C=O) groups excluding carboxylic acids is 1. The molecular formula is C12H7F4NO. The first-order valence-corrected chi connectivity index (χ1v) is 4.95. The Morgan fingerprint density at radius 3 is 2.28 bits per heavy atom. The van der Waals surface area contributed by atoms with Crippen LogP contribution in [0.1, 0.15) is 0 Å². The van der Waals surface area contributed by atoms with E-state index < -0.39 is 17.9 Å². The fourth-order valence-electron chi connectivity index (χ4n) is 1.59. The summed E-state index contributed by atoms with van der Waals surface area (Å²) >= 11 is 0. The molecule has 0 spiro atoms. The highest BCUT2D eigenvalue weighted by Gasteiger charge is 2.38. The van der Waals surface area contributed by atoms with Crippen molar-refractivity contribution in [3.05, 3.63) is 42.2 Å². The predicted molar refractivity (Wildman–Crippen MR) is 58.6 cm³/mol. The first-order valence-electron chi connectivity index (χ1n) is 4.95. The van der Waals surface area contributed by atoms with E-state index in [9.17, 15) is 22.4 Å². The lowest BCUT2D eigenvalue weighted by Gasteiger charge is -2.10. The van der Waals surface area contributed by atoms with Crippen molar-refractivity contribution in [3.63, 3.8) is 0 Å². The molecule has 0 aliphatic rings. The fraction of sp³-hybridized carbons (Fsp3) is 0.0833. The molecule has 1 N–H and O–H groups in total. The zero-order valence-corrected chi connectivity index (χ0v) is 8.88. The number of rotatable bonds is 1. The highest BCUT2D eigenvalue weighted by molar-refractivity contribution is 6.04. The van der Waals surface area contributed by atoms with Gasteiger partial charge in [-0.1, -0.05) is 24.3 Å². The Morgan fingerprint density at radius 2 is 1.67 bits per heavy atom. The van der Waals surface area contributed by atoms with Gasteiger partial charge >= 0.3 is 12.1 Å². The summed E-state index contributed by atoms with van der Waals surface area (Å²) < 4.78 is 50.0. The topological polar surface area (TPSA) is 29.1 Å². The lowest BCUT2D eigenvalue weighted by Crippen LogP contribution is -2.30. The number of hydrogen-bond donors (Lipinski definition) is 1. The standard InChI is InChI=1S/C12H7F4NO/c13-8-5-1-3-7-4-2-6-9(10(7)8)17-11(18)12(14,15)16/h1-6H,(H,17,18). The van der Waals surface area contributed by atoms with Crippen LogP contribution in [-0.2, 0) is 4.79 Å². The van der Waals surface area contributed by atoms with E-state index in [2.05, 4.69) is 0 Å². The number of halogens is 4. The second-order valence-electron chi connectivity index (χ2n) is 3.60. The van der Waals surface area contributed by atoms with E-state index in [4.69, 9.17) is 0 Å². The smallest absolute Gasteiger partial charge is 0.318 e. The molecule has 2 nitrogen and oxygen atoms in total. The molecule has 0 saturated carbocycles. The molecule has 0 aliphatic heterocycles. The van der Waals surface area contributed by atoms with E-state index in [1.54, 1.807) is 17.4 Å². The third-order valence-electron chi connectivity index (χ3n) is 2.36. The maximum Gasteiger partial charge on any atom is 0.471 e. The molecule has 0 bridgehead atoms. The average molecular weight is 257 g/mol. The van der Waals surface area contributed by atoms with Crippen LogP contribution in [0.4, 0.5) is 23.2 Å². The highest BCUT2D eigenvalue weighted by atomic mass is 19.4. The largest absolute Gasteiger partial charge is 0.471 e. The Morgan fingerprint density at radius 1 is 1.06 bits per heavy atom. The number of alkyl halides is 3. The molecule has 0 heterocycles. The Kier molecular flexibility index (Phi) is 2.94. The van der Waals surface area contributed by atoms with Crippen molar-refractivity contribution < 1.29 is 22.4 Å². The summed E-state index contributed by atoms with van der Waals surface area (Å²) in [4.78, 5) is 10.8. The minimum absolute atomic E-state index is 0.0439. The highest BCUT2D eigenvalue weighted by Crippen LogP contribution is 2.27. The lowest BCUT2D eigenvalue weighted by molar-refractivity contribution is -0.167. The molecule has 0 unspecified atom stereocenters. The second kappa shape index (κ2) is 4.29. The van der Waals surface area contributed by atoms with Crippen LogP contribution < -0.4 is 5.32 Å². The maximum atomic E-state index is 13.6. The SMILES string of the molecule is O=C(Nc1cccc2cccc(F)c12)C(F)(F)F. The van der Waals surface area contributed by atoms with E-state index in [0.717, 1.165) is 6.07 Å². The van der Waals surface area contributed by atoms with E-state index in [-0.39, 0.29) is 11.1 Å². The second-order valence-corrected chi connectivity index (χ2v) is 3.60. The molecule has 0 aromatic heterocycles. The van der Waals surface area contributed by atoms with Gasteiger partial charge in [0, 0.05) is 5.39 Å². The minimum Gasteiger partial charge on any atom is -0.318 e. The molecule has 0 atom stereocenters. The zero-order valence-electron chi connectivity index (χ0n) is 8.88. The van der Waals surface area contributed by atoms with Crippen LogP contribution in [0.5, 0.6) is 0 Å². The zero-order chi connectivity index (χ0) is 13.3. The molecule has 0 fully saturated rings. The fourth-order valence-corrected chi connectivity index (χ4v) is 1.59. The number of amides is 1. The monoisotopic (exact) mass is 257 g/mol. The summed E-state index contributed by atoms with van der Waals surface area (Å²) in [5, 5.41) is 2.03. The number of carbonyl (C=O) groups is 1. The molecule has 6 heteroatoms. The summed E-state index contributed by atoms with van der Waals surface area (Å²) in [6.45, 7) is 0.